The van der Waals surface area contributed by atoms with Crippen molar-refractivity contribution < 1.29 is 14.0 Å². The van der Waals surface area contributed by atoms with E-state index in [4.69, 9.17) is 0 Å². The van der Waals surface area contributed by atoms with E-state index in [1.54, 1.807) is 39.3 Å². The Kier molecular flexibility index (Phi) is 7.20. The van der Waals surface area contributed by atoms with Crippen LogP contribution < -0.4 is 4.90 Å². The Hall–Kier alpha value is -3.03. The maximum Gasteiger partial charge on any atom is 0.256 e. The normalized spacial score (nSPS) is 16.2. The Balaban J connectivity index is 1.70. The van der Waals surface area contributed by atoms with Gasteiger partial charge in [-0.05, 0) is 50.5 Å². The molecule has 8 heteroatoms. The number of amides is 2. The highest BCUT2D eigenvalue weighted by Gasteiger charge is 2.30. The monoisotopic (exact) mass is 427 g/mol. The molecule has 0 bridgehead atoms. The van der Waals surface area contributed by atoms with Crippen molar-refractivity contribution in [2.24, 2.45) is 0 Å². The van der Waals surface area contributed by atoms with Crippen LogP contribution >= 0.6 is 0 Å². The molecule has 0 unspecified atom stereocenters. The Labute approximate surface area is 182 Å². The number of benzene rings is 1. The van der Waals surface area contributed by atoms with E-state index < -0.39 is 0 Å². The van der Waals surface area contributed by atoms with E-state index in [1.165, 1.54) is 17.0 Å². The molecule has 2 heterocycles. The lowest BCUT2D eigenvalue weighted by Crippen LogP contribution is -2.40. The van der Waals surface area contributed by atoms with E-state index in [-0.39, 0.29) is 23.7 Å². The molecule has 1 aromatic carbocycles. The lowest BCUT2D eigenvalue weighted by molar-refractivity contribution is -0.135. The van der Waals surface area contributed by atoms with Crippen molar-refractivity contribution in [3.63, 3.8) is 0 Å². The van der Waals surface area contributed by atoms with Gasteiger partial charge in [0, 0.05) is 52.5 Å². The number of anilines is 1. The zero-order valence-corrected chi connectivity index (χ0v) is 18.6. The summed E-state index contributed by atoms with van der Waals surface area (Å²) in [4.78, 5) is 39.7. The number of aromatic nitrogens is 2. The van der Waals surface area contributed by atoms with E-state index >= 15 is 0 Å². The van der Waals surface area contributed by atoms with Crippen molar-refractivity contribution in [2.75, 3.05) is 39.1 Å². The van der Waals surface area contributed by atoms with Crippen molar-refractivity contribution in [2.45, 2.75) is 38.6 Å². The van der Waals surface area contributed by atoms with Gasteiger partial charge in [0.05, 0.1) is 17.3 Å². The number of carbonyl (C=O) groups is 2. The molecule has 1 saturated heterocycles. The van der Waals surface area contributed by atoms with Crippen LogP contribution in [0.5, 0.6) is 0 Å². The molecule has 1 aliphatic rings. The first-order valence-corrected chi connectivity index (χ1v) is 10.6. The minimum absolute atomic E-state index is 0.0494. The molecule has 166 valence electrons. The van der Waals surface area contributed by atoms with Gasteiger partial charge in [0.1, 0.15) is 5.82 Å². The third-order valence-electron chi connectivity index (χ3n) is 5.68. The van der Waals surface area contributed by atoms with Crippen molar-refractivity contribution >= 4 is 17.5 Å². The van der Waals surface area contributed by atoms with Gasteiger partial charge in [0.2, 0.25) is 5.91 Å². The zero-order valence-electron chi connectivity index (χ0n) is 18.6. The van der Waals surface area contributed by atoms with Gasteiger partial charge >= 0.3 is 0 Å². The van der Waals surface area contributed by atoms with E-state index in [1.807, 2.05) is 16.8 Å². The fraction of sp³-hybridized carbons (Fsp3) is 0.478. The molecule has 1 aliphatic heterocycles. The number of nitrogens with zero attached hydrogens (tertiary/aromatic N) is 5. The van der Waals surface area contributed by atoms with Gasteiger partial charge < -0.3 is 14.7 Å². The number of piperidine rings is 1. The lowest BCUT2D eigenvalue weighted by atomic mass is 10.0. The van der Waals surface area contributed by atoms with Gasteiger partial charge in [-0.1, -0.05) is 0 Å². The molecule has 0 spiro atoms. The van der Waals surface area contributed by atoms with Crippen LogP contribution in [0.15, 0.2) is 30.5 Å². The summed E-state index contributed by atoms with van der Waals surface area (Å²) in [7, 11) is 5.28. The molecule has 31 heavy (non-hydrogen) atoms. The van der Waals surface area contributed by atoms with Crippen LogP contribution in [0.25, 0.3) is 0 Å². The van der Waals surface area contributed by atoms with Crippen molar-refractivity contribution in [1.82, 2.24) is 19.8 Å². The summed E-state index contributed by atoms with van der Waals surface area (Å²) in [5.74, 6) is 0.226. The van der Waals surface area contributed by atoms with Crippen molar-refractivity contribution in [3.8, 4) is 0 Å². The number of halogens is 1. The number of rotatable bonds is 6. The van der Waals surface area contributed by atoms with E-state index in [0.29, 0.717) is 36.6 Å². The van der Waals surface area contributed by atoms with Crippen LogP contribution in [-0.4, -0.2) is 65.8 Å². The van der Waals surface area contributed by atoms with Crippen LogP contribution in [0.4, 0.5) is 10.1 Å². The molecule has 1 aromatic heterocycles. The van der Waals surface area contributed by atoms with Gasteiger partial charge in [-0.15, -0.1) is 0 Å². The number of hydrogen-bond donors (Lipinski definition) is 0. The predicted molar refractivity (Wildman–Crippen MR) is 117 cm³/mol. The molecule has 2 aromatic rings. The summed E-state index contributed by atoms with van der Waals surface area (Å²) >= 11 is 0. The van der Waals surface area contributed by atoms with Crippen LogP contribution in [0.1, 0.15) is 53.6 Å². The number of carbonyl (C=O) groups excluding carboxylic acids is 2. The Bertz CT molecular complexity index is 932. The van der Waals surface area contributed by atoms with Crippen molar-refractivity contribution in [1.29, 1.82) is 0 Å². The van der Waals surface area contributed by atoms with E-state index in [2.05, 4.69) is 9.97 Å². The Morgan fingerprint density at radius 3 is 2.52 bits per heavy atom. The third-order valence-corrected chi connectivity index (χ3v) is 5.68. The molecule has 0 radical (unpaired) electrons. The lowest BCUT2D eigenvalue weighted by Gasteiger charge is -2.35. The molecular formula is C23H30FN5O2. The maximum atomic E-state index is 13.1. The fourth-order valence-electron chi connectivity index (χ4n) is 3.83. The largest absolute Gasteiger partial charge is 0.374 e. The third kappa shape index (κ3) is 5.37. The van der Waals surface area contributed by atoms with Crippen LogP contribution in [0.2, 0.25) is 0 Å². The SMILES string of the molecule is Cc1nc([C@H]2CCCCN2C(=O)CCN(C)c2ccc(F)cc2)ncc1C(=O)N(C)C. The predicted octanol–water partition coefficient (Wildman–Crippen LogP) is 3.21. The van der Waals surface area contributed by atoms with E-state index in [9.17, 15) is 14.0 Å². The maximum absolute atomic E-state index is 13.1. The second kappa shape index (κ2) is 9.85. The second-order valence-corrected chi connectivity index (χ2v) is 8.17. The fourth-order valence-corrected chi connectivity index (χ4v) is 3.83. The average molecular weight is 428 g/mol. The van der Waals surface area contributed by atoms with Gasteiger partial charge in [-0.3, -0.25) is 9.59 Å². The summed E-state index contributed by atoms with van der Waals surface area (Å²) in [6.07, 6.45) is 4.68. The highest BCUT2D eigenvalue weighted by molar-refractivity contribution is 5.94. The minimum atomic E-state index is -0.280. The standard InChI is InChI=1S/C23H30FN5O2/c1-16-19(23(31)27(2)3)15-25-22(26-16)20-7-5-6-13-29(20)21(30)12-14-28(4)18-10-8-17(24)9-11-18/h8-11,15,20H,5-7,12-14H2,1-4H3/t20-/m1/s1. The van der Waals surface area contributed by atoms with Crippen LogP contribution in [0.3, 0.4) is 0 Å². The van der Waals surface area contributed by atoms with Gasteiger partial charge in [0.25, 0.3) is 5.91 Å². The first-order valence-electron chi connectivity index (χ1n) is 10.6. The molecule has 3 rings (SSSR count). The summed E-state index contributed by atoms with van der Waals surface area (Å²) in [5.41, 5.74) is 1.96. The molecule has 1 fully saturated rings. The minimum Gasteiger partial charge on any atom is -0.374 e. The molecular weight excluding hydrogens is 397 g/mol. The second-order valence-electron chi connectivity index (χ2n) is 8.17. The van der Waals surface area contributed by atoms with E-state index in [0.717, 1.165) is 24.9 Å². The summed E-state index contributed by atoms with van der Waals surface area (Å²) in [5, 5.41) is 0. The molecule has 0 aliphatic carbocycles. The average Bonchev–Trinajstić information content (AvgIpc) is 2.77. The van der Waals surface area contributed by atoms with Crippen LogP contribution in [-0.2, 0) is 4.79 Å². The number of aryl methyl sites for hydroxylation is 1. The highest BCUT2D eigenvalue weighted by atomic mass is 19.1. The molecule has 0 saturated carbocycles. The molecule has 0 N–H and O–H groups in total. The smallest absolute Gasteiger partial charge is 0.256 e. The summed E-state index contributed by atoms with van der Waals surface area (Å²) in [6.45, 7) is 3.00. The Morgan fingerprint density at radius 1 is 1.16 bits per heavy atom. The zero-order chi connectivity index (χ0) is 22.5. The highest BCUT2D eigenvalue weighted by Crippen LogP contribution is 2.30. The topological polar surface area (TPSA) is 69.6 Å². The molecule has 1 atom stereocenters. The summed E-state index contributed by atoms with van der Waals surface area (Å²) < 4.78 is 13.1. The molecule has 2 amide bonds. The first-order chi connectivity index (χ1) is 14.8. The van der Waals surface area contributed by atoms with Gasteiger partial charge in [0.15, 0.2) is 5.82 Å². The van der Waals surface area contributed by atoms with Gasteiger partial charge in [-0.2, -0.15) is 0 Å². The number of hydrogen-bond acceptors (Lipinski definition) is 5. The van der Waals surface area contributed by atoms with Crippen molar-refractivity contribution in [3.05, 3.63) is 53.4 Å². The molecule has 7 nitrogen and oxygen atoms in total. The summed E-state index contributed by atoms with van der Waals surface area (Å²) in [6, 6.07) is 6.06. The van der Waals surface area contributed by atoms with Gasteiger partial charge in [-0.25, -0.2) is 14.4 Å². The number of likely N-dealkylation sites (tertiary alicyclic amines) is 1. The Morgan fingerprint density at radius 2 is 1.87 bits per heavy atom. The first kappa shape index (κ1) is 22.7. The van der Waals surface area contributed by atoms with Crippen LogP contribution in [0, 0.1) is 12.7 Å². The quantitative estimate of drug-likeness (QED) is 0.708.